The Morgan fingerprint density at radius 3 is 2.52 bits per heavy atom. The molecule has 0 aromatic carbocycles. The highest BCUT2D eigenvalue weighted by Crippen LogP contribution is 2.28. The van der Waals surface area contributed by atoms with Crippen molar-refractivity contribution >= 4 is 11.9 Å². The van der Waals surface area contributed by atoms with Crippen LogP contribution in [0.4, 0.5) is 0 Å². The Balaban J connectivity index is 1.51. The van der Waals surface area contributed by atoms with Gasteiger partial charge in [0.15, 0.2) is 5.96 Å². The summed E-state index contributed by atoms with van der Waals surface area (Å²) in [7, 11) is 1.83. The minimum absolute atomic E-state index is 0.0380. The van der Waals surface area contributed by atoms with Crippen molar-refractivity contribution in [1.82, 2.24) is 15.5 Å². The molecule has 2 rings (SSSR count). The molecular weight excluding hydrogens is 314 g/mol. The van der Waals surface area contributed by atoms with Gasteiger partial charge in [-0.15, -0.1) is 0 Å². The van der Waals surface area contributed by atoms with Crippen molar-refractivity contribution in [2.75, 3.05) is 39.8 Å². The first-order valence-corrected chi connectivity index (χ1v) is 10.1. The lowest BCUT2D eigenvalue weighted by Gasteiger charge is -2.31. The Bertz CT molecular complexity index is 420. The minimum atomic E-state index is -0.148. The van der Waals surface area contributed by atoms with Crippen LogP contribution in [0.1, 0.15) is 57.8 Å². The van der Waals surface area contributed by atoms with Gasteiger partial charge in [-0.05, 0) is 51.1 Å². The van der Waals surface area contributed by atoms with Gasteiger partial charge in [-0.3, -0.25) is 9.79 Å². The molecule has 6 heteroatoms. The summed E-state index contributed by atoms with van der Waals surface area (Å²) in [5.74, 6) is 1.76. The molecule has 25 heavy (non-hydrogen) atoms. The third-order valence-corrected chi connectivity index (χ3v) is 5.63. The molecule has 6 nitrogen and oxygen atoms in total. The van der Waals surface area contributed by atoms with E-state index in [0.29, 0.717) is 0 Å². The molecule has 2 aliphatic rings. The van der Waals surface area contributed by atoms with Crippen LogP contribution in [-0.2, 0) is 4.79 Å². The van der Waals surface area contributed by atoms with E-state index in [9.17, 15) is 4.79 Å². The van der Waals surface area contributed by atoms with Crippen LogP contribution in [-0.4, -0.2) is 56.5 Å². The second-order valence-corrected chi connectivity index (χ2v) is 7.61. The van der Waals surface area contributed by atoms with Crippen molar-refractivity contribution in [1.29, 1.82) is 0 Å². The smallest absolute Gasteiger partial charge is 0.221 e. The molecule has 4 N–H and O–H groups in total. The highest BCUT2D eigenvalue weighted by molar-refractivity contribution is 5.79. The van der Waals surface area contributed by atoms with Gasteiger partial charge in [-0.25, -0.2) is 0 Å². The molecule has 1 saturated heterocycles. The van der Waals surface area contributed by atoms with Crippen molar-refractivity contribution < 1.29 is 4.79 Å². The number of carbonyl (C=O) groups is 1. The number of likely N-dealkylation sites (tertiary alicyclic amines) is 1. The Kier molecular flexibility index (Phi) is 9.08. The van der Waals surface area contributed by atoms with Gasteiger partial charge in [0.05, 0.1) is 5.92 Å². The van der Waals surface area contributed by atoms with Crippen molar-refractivity contribution in [3.63, 3.8) is 0 Å². The first kappa shape index (κ1) is 20.0. The summed E-state index contributed by atoms with van der Waals surface area (Å²) in [6, 6.07) is 0. The Labute approximate surface area is 153 Å². The van der Waals surface area contributed by atoms with Crippen LogP contribution in [0.5, 0.6) is 0 Å². The van der Waals surface area contributed by atoms with Crippen LogP contribution in [0, 0.1) is 11.8 Å². The van der Waals surface area contributed by atoms with Crippen molar-refractivity contribution in [3.8, 4) is 0 Å². The maximum Gasteiger partial charge on any atom is 0.221 e. The van der Waals surface area contributed by atoms with Crippen molar-refractivity contribution in [2.24, 2.45) is 22.6 Å². The normalized spacial score (nSPS) is 22.9. The van der Waals surface area contributed by atoms with Crippen LogP contribution < -0.4 is 16.4 Å². The molecule has 1 atom stereocenters. The van der Waals surface area contributed by atoms with Crippen LogP contribution in [0.3, 0.4) is 0 Å². The number of nitrogens with one attached hydrogen (secondary N) is 2. The van der Waals surface area contributed by atoms with Crippen LogP contribution >= 0.6 is 0 Å². The van der Waals surface area contributed by atoms with E-state index in [-0.39, 0.29) is 11.8 Å². The zero-order valence-corrected chi connectivity index (χ0v) is 15.9. The van der Waals surface area contributed by atoms with E-state index in [0.717, 1.165) is 63.9 Å². The summed E-state index contributed by atoms with van der Waals surface area (Å²) in [5.41, 5.74) is 5.44. The largest absolute Gasteiger partial charge is 0.369 e. The second kappa shape index (κ2) is 11.3. The quantitative estimate of drug-likeness (QED) is 0.335. The van der Waals surface area contributed by atoms with Crippen molar-refractivity contribution in [3.05, 3.63) is 0 Å². The van der Waals surface area contributed by atoms with Gasteiger partial charge in [-0.1, -0.05) is 25.7 Å². The molecule has 144 valence electrons. The number of carbonyl (C=O) groups excluding carboxylic acids is 1. The van der Waals surface area contributed by atoms with Gasteiger partial charge in [0.2, 0.25) is 5.91 Å². The zero-order valence-electron chi connectivity index (χ0n) is 15.9. The highest BCUT2D eigenvalue weighted by Gasteiger charge is 2.23. The fraction of sp³-hybridized carbons (Fsp3) is 0.895. The number of rotatable bonds is 9. The van der Waals surface area contributed by atoms with Crippen molar-refractivity contribution in [2.45, 2.75) is 57.8 Å². The summed E-state index contributed by atoms with van der Waals surface area (Å²) in [6.07, 6.45) is 11.4. The summed E-state index contributed by atoms with van der Waals surface area (Å²) in [5, 5.41) is 6.81. The minimum Gasteiger partial charge on any atom is -0.369 e. The van der Waals surface area contributed by atoms with Gasteiger partial charge in [0.25, 0.3) is 0 Å². The molecule has 0 aromatic rings. The van der Waals surface area contributed by atoms with E-state index in [1.54, 1.807) is 0 Å². The number of guanidine groups is 1. The lowest BCUT2D eigenvalue weighted by Crippen LogP contribution is -2.43. The molecule has 0 aromatic heterocycles. The maximum absolute atomic E-state index is 11.3. The van der Waals surface area contributed by atoms with E-state index in [2.05, 4.69) is 20.5 Å². The molecular formula is C19H37N5O. The topological polar surface area (TPSA) is 82.8 Å². The average Bonchev–Trinajstić information content (AvgIpc) is 3.14. The van der Waals surface area contributed by atoms with Crippen LogP contribution in [0.25, 0.3) is 0 Å². The molecule has 0 bridgehead atoms. The molecule has 0 radical (unpaired) electrons. The molecule has 1 aliphatic heterocycles. The SMILES string of the molecule is CN=C(NCCCC1CCCC1)NCCCN1CCCC(C(N)=O)C1. The van der Waals surface area contributed by atoms with Gasteiger partial charge in [-0.2, -0.15) is 0 Å². The number of amides is 1. The van der Waals surface area contributed by atoms with Crippen LogP contribution in [0.15, 0.2) is 4.99 Å². The lowest BCUT2D eigenvalue weighted by molar-refractivity contribution is -0.123. The van der Waals surface area contributed by atoms with Gasteiger partial charge in [0.1, 0.15) is 0 Å². The van der Waals surface area contributed by atoms with E-state index in [1.807, 2.05) is 7.05 Å². The summed E-state index contributed by atoms with van der Waals surface area (Å²) in [6.45, 7) is 4.82. The Hall–Kier alpha value is -1.30. The van der Waals surface area contributed by atoms with E-state index in [4.69, 9.17) is 5.73 Å². The molecule has 0 spiro atoms. The van der Waals surface area contributed by atoms with E-state index < -0.39 is 0 Å². The molecule has 1 amide bonds. The Morgan fingerprint density at radius 1 is 1.12 bits per heavy atom. The summed E-state index contributed by atoms with van der Waals surface area (Å²) >= 11 is 0. The fourth-order valence-electron chi connectivity index (χ4n) is 4.12. The van der Waals surface area contributed by atoms with Gasteiger partial charge < -0.3 is 21.3 Å². The van der Waals surface area contributed by atoms with Gasteiger partial charge >= 0.3 is 0 Å². The average molecular weight is 352 g/mol. The summed E-state index contributed by atoms with van der Waals surface area (Å²) < 4.78 is 0. The number of piperidine rings is 1. The lowest BCUT2D eigenvalue weighted by atomic mass is 9.97. The molecule has 1 aliphatic carbocycles. The zero-order chi connectivity index (χ0) is 17.9. The highest BCUT2D eigenvalue weighted by atomic mass is 16.1. The fourth-order valence-corrected chi connectivity index (χ4v) is 4.12. The standard InChI is InChI=1S/C19H37N5O/c1-21-19(22-11-4-9-16-7-2-3-8-16)23-12-6-14-24-13-5-10-17(15-24)18(20)25/h16-17H,2-15H2,1H3,(H2,20,25)(H2,21,22,23). The number of hydrogen-bond donors (Lipinski definition) is 3. The first-order valence-electron chi connectivity index (χ1n) is 10.1. The second-order valence-electron chi connectivity index (χ2n) is 7.61. The number of nitrogens with two attached hydrogens (primary N) is 1. The monoisotopic (exact) mass is 351 g/mol. The number of aliphatic imine (C=N–C) groups is 1. The third kappa shape index (κ3) is 7.63. The predicted octanol–water partition coefficient (Wildman–Crippen LogP) is 1.71. The molecule has 1 heterocycles. The van der Waals surface area contributed by atoms with E-state index in [1.165, 1.54) is 38.5 Å². The summed E-state index contributed by atoms with van der Waals surface area (Å²) in [4.78, 5) is 18.0. The Morgan fingerprint density at radius 2 is 1.84 bits per heavy atom. The maximum atomic E-state index is 11.3. The molecule has 1 saturated carbocycles. The number of hydrogen-bond acceptors (Lipinski definition) is 3. The third-order valence-electron chi connectivity index (χ3n) is 5.63. The van der Waals surface area contributed by atoms with E-state index >= 15 is 0 Å². The predicted molar refractivity (Wildman–Crippen MR) is 104 cm³/mol. The number of nitrogens with zero attached hydrogens (tertiary/aromatic N) is 2. The van der Waals surface area contributed by atoms with Gasteiger partial charge in [0, 0.05) is 26.7 Å². The number of primary amides is 1. The first-order chi connectivity index (χ1) is 12.2. The molecule has 1 unspecified atom stereocenters. The van der Waals surface area contributed by atoms with Crippen LogP contribution in [0.2, 0.25) is 0 Å². The molecule has 2 fully saturated rings.